The Morgan fingerprint density at radius 3 is 2.70 bits per heavy atom. The van der Waals surface area contributed by atoms with Gasteiger partial charge in [0, 0.05) is 34.9 Å². The van der Waals surface area contributed by atoms with Crippen LogP contribution in [0, 0.1) is 6.92 Å². The first kappa shape index (κ1) is 15.4. The van der Waals surface area contributed by atoms with Gasteiger partial charge in [-0.2, -0.15) is 5.10 Å². The van der Waals surface area contributed by atoms with Crippen LogP contribution >= 0.6 is 23.2 Å². The fourth-order valence-corrected chi connectivity index (χ4v) is 2.81. The Kier molecular flexibility index (Phi) is 5.08. The van der Waals surface area contributed by atoms with Gasteiger partial charge in [0.1, 0.15) is 0 Å². The summed E-state index contributed by atoms with van der Waals surface area (Å²) in [6.07, 6.45) is 2.85. The molecule has 1 aromatic carbocycles. The van der Waals surface area contributed by atoms with Crippen molar-refractivity contribution in [2.75, 3.05) is 6.54 Å². The van der Waals surface area contributed by atoms with Gasteiger partial charge in [0.2, 0.25) is 0 Å². The standard InChI is InChI=1S/C15H19Cl2N3/c1-4-18-15(13-9-20(3)19-10(13)2)8-11-7-12(16)5-6-14(11)17/h5-7,9,15,18H,4,8H2,1-3H3. The van der Waals surface area contributed by atoms with Crippen molar-refractivity contribution in [1.29, 1.82) is 0 Å². The van der Waals surface area contributed by atoms with Crippen molar-refractivity contribution < 1.29 is 0 Å². The van der Waals surface area contributed by atoms with Crippen molar-refractivity contribution in [2.45, 2.75) is 26.3 Å². The normalized spacial score (nSPS) is 12.7. The lowest BCUT2D eigenvalue weighted by Crippen LogP contribution is -2.23. The van der Waals surface area contributed by atoms with E-state index in [9.17, 15) is 0 Å². The van der Waals surface area contributed by atoms with Crippen molar-refractivity contribution >= 4 is 23.2 Å². The summed E-state index contributed by atoms with van der Waals surface area (Å²) in [5.41, 5.74) is 3.29. The van der Waals surface area contributed by atoms with Crippen molar-refractivity contribution in [3.05, 3.63) is 51.3 Å². The first-order valence-corrected chi connectivity index (χ1v) is 7.44. The number of benzene rings is 1. The molecule has 0 bridgehead atoms. The summed E-state index contributed by atoms with van der Waals surface area (Å²) >= 11 is 12.3. The van der Waals surface area contributed by atoms with Gasteiger partial charge in [-0.25, -0.2) is 0 Å². The number of likely N-dealkylation sites (N-methyl/N-ethyl adjacent to an activating group) is 1. The third-order valence-corrected chi connectivity index (χ3v) is 3.91. The Morgan fingerprint density at radius 1 is 1.35 bits per heavy atom. The van der Waals surface area contributed by atoms with E-state index >= 15 is 0 Å². The maximum atomic E-state index is 6.27. The highest BCUT2D eigenvalue weighted by atomic mass is 35.5. The van der Waals surface area contributed by atoms with E-state index < -0.39 is 0 Å². The number of nitrogens with zero attached hydrogens (tertiary/aromatic N) is 2. The van der Waals surface area contributed by atoms with E-state index in [-0.39, 0.29) is 6.04 Å². The molecule has 0 amide bonds. The molecule has 3 nitrogen and oxygen atoms in total. The quantitative estimate of drug-likeness (QED) is 0.906. The van der Waals surface area contributed by atoms with Gasteiger partial charge in [0.15, 0.2) is 0 Å². The van der Waals surface area contributed by atoms with Gasteiger partial charge in [0.05, 0.1) is 5.69 Å². The molecular weight excluding hydrogens is 293 g/mol. The minimum Gasteiger partial charge on any atom is -0.310 e. The Bertz CT molecular complexity index is 593. The zero-order chi connectivity index (χ0) is 14.7. The van der Waals surface area contributed by atoms with E-state index in [1.54, 1.807) is 0 Å². The predicted molar refractivity (Wildman–Crippen MR) is 84.5 cm³/mol. The van der Waals surface area contributed by atoms with Gasteiger partial charge in [-0.05, 0) is 43.7 Å². The Labute approximate surface area is 129 Å². The monoisotopic (exact) mass is 311 g/mol. The van der Waals surface area contributed by atoms with Crippen LogP contribution in [0.4, 0.5) is 0 Å². The van der Waals surface area contributed by atoms with Crippen molar-refractivity contribution in [3.8, 4) is 0 Å². The number of halogens is 2. The molecule has 0 aliphatic heterocycles. The van der Waals surface area contributed by atoms with E-state index in [0.717, 1.165) is 29.2 Å². The fraction of sp³-hybridized carbons (Fsp3) is 0.400. The lowest BCUT2D eigenvalue weighted by molar-refractivity contribution is 0.547. The average Bonchev–Trinajstić information content (AvgIpc) is 2.72. The zero-order valence-electron chi connectivity index (χ0n) is 12.0. The molecule has 2 rings (SSSR count). The van der Waals surface area contributed by atoms with E-state index in [1.165, 1.54) is 5.56 Å². The van der Waals surface area contributed by atoms with Crippen LogP contribution in [0.3, 0.4) is 0 Å². The molecular formula is C15H19Cl2N3. The van der Waals surface area contributed by atoms with E-state index in [0.29, 0.717) is 5.02 Å². The Balaban J connectivity index is 2.30. The van der Waals surface area contributed by atoms with Crippen LogP contribution in [0.1, 0.15) is 29.8 Å². The van der Waals surface area contributed by atoms with Crippen LogP contribution in [0.2, 0.25) is 10.0 Å². The molecule has 0 fully saturated rings. The summed E-state index contributed by atoms with van der Waals surface area (Å²) < 4.78 is 1.84. The molecule has 108 valence electrons. The maximum absolute atomic E-state index is 6.27. The highest BCUT2D eigenvalue weighted by molar-refractivity contribution is 6.33. The Hall–Kier alpha value is -1.03. The molecule has 0 spiro atoms. The summed E-state index contributed by atoms with van der Waals surface area (Å²) in [7, 11) is 1.94. The number of nitrogens with one attached hydrogen (secondary N) is 1. The lowest BCUT2D eigenvalue weighted by Gasteiger charge is -2.18. The van der Waals surface area contributed by atoms with Gasteiger partial charge in [-0.15, -0.1) is 0 Å². The molecule has 1 atom stereocenters. The summed E-state index contributed by atoms with van der Waals surface area (Å²) in [6.45, 7) is 5.01. The first-order chi connectivity index (χ1) is 9.51. The van der Waals surface area contributed by atoms with Gasteiger partial charge in [0.25, 0.3) is 0 Å². The summed E-state index contributed by atoms with van der Waals surface area (Å²) in [5.74, 6) is 0. The third kappa shape index (κ3) is 3.54. The molecule has 0 saturated heterocycles. The fourth-order valence-electron chi connectivity index (χ4n) is 2.42. The maximum Gasteiger partial charge on any atom is 0.0641 e. The highest BCUT2D eigenvalue weighted by Gasteiger charge is 2.17. The van der Waals surface area contributed by atoms with Crippen molar-refractivity contribution in [3.63, 3.8) is 0 Å². The third-order valence-electron chi connectivity index (χ3n) is 3.31. The second-order valence-electron chi connectivity index (χ2n) is 4.89. The molecule has 0 radical (unpaired) electrons. The number of rotatable bonds is 5. The molecule has 0 aliphatic carbocycles. The van der Waals surface area contributed by atoms with Gasteiger partial charge >= 0.3 is 0 Å². The van der Waals surface area contributed by atoms with Crippen LogP contribution in [-0.4, -0.2) is 16.3 Å². The smallest absolute Gasteiger partial charge is 0.0641 e. The molecule has 1 unspecified atom stereocenters. The second kappa shape index (κ2) is 6.61. The summed E-state index contributed by atoms with van der Waals surface area (Å²) in [6, 6.07) is 5.77. The molecule has 1 aromatic heterocycles. The topological polar surface area (TPSA) is 29.9 Å². The summed E-state index contributed by atoms with van der Waals surface area (Å²) in [5, 5.41) is 9.37. The van der Waals surface area contributed by atoms with E-state index in [4.69, 9.17) is 23.2 Å². The summed E-state index contributed by atoms with van der Waals surface area (Å²) in [4.78, 5) is 0. The van der Waals surface area contributed by atoms with Crippen molar-refractivity contribution in [2.24, 2.45) is 7.05 Å². The highest BCUT2D eigenvalue weighted by Crippen LogP contribution is 2.27. The van der Waals surface area contributed by atoms with E-state index in [1.807, 2.05) is 36.9 Å². The number of aryl methyl sites for hydroxylation is 2. The number of aromatic nitrogens is 2. The predicted octanol–water partition coefficient (Wildman–Crippen LogP) is 3.93. The number of hydrogen-bond acceptors (Lipinski definition) is 2. The largest absolute Gasteiger partial charge is 0.310 e. The molecule has 5 heteroatoms. The van der Waals surface area contributed by atoms with Crippen LogP contribution < -0.4 is 5.32 Å². The van der Waals surface area contributed by atoms with Crippen LogP contribution in [0.5, 0.6) is 0 Å². The lowest BCUT2D eigenvalue weighted by atomic mass is 9.99. The van der Waals surface area contributed by atoms with Crippen LogP contribution in [-0.2, 0) is 13.5 Å². The molecule has 0 saturated carbocycles. The zero-order valence-corrected chi connectivity index (χ0v) is 13.5. The van der Waals surface area contributed by atoms with Crippen molar-refractivity contribution in [1.82, 2.24) is 15.1 Å². The second-order valence-corrected chi connectivity index (χ2v) is 5.74. The Morgan fingerprint density at radius 2 is 2.10 bits per heavy atom. The molecule has 2 aromatic rings. The van der Waals surface area contributed by atoms with Gasteiger partial charge in [-0.1, -0.05) is 30.1 Å². The average molecular weight is 312 g/mol. The van der Waals surface area contributed by atoms with Crippen LogP contribution in [0.25, 0.3) is 0 Å². The van der Waals surface area contributed by atoms with E-state index in [2.05, 4.69) is 23.5 Å². The van der Waals surface area contributed by atoms with Crippen LogP contribution in [0.15, 0.2) is 24.4 Å². The molecule has 20 heavy (non-hydrogen) atoms. The molecule has 0 aliphatic rings. The van der Waals surface area contributed by atoms with Gasteiger partial charge in [-0.3, -0.25) is 4.68 Å². The minimum atomic E-state index is 0.185. The SMILES string of the molecule is CCNC(Cc1cc(Cl)ccc1Cl)c1cn(C)nc1C. The van der Waals surface area contributed by atoms with Gasteiger partial charge < -0.3 is 5.32 Å². The molecule has 1 heterocycles. The minimum absolute atomic E-state index is 0.185. The number of hydrogen-bond donors (Lipinski definition) is 1. The molecule has 1 N–H and O–H groups in total. The first-order valence-electron chi connectivity index (χ1n) is 6.68.